The Bertz CT molecular complexity index is 1580. The molecule has 42 heavy (non-hydrogen) atoms. The van der Waals surface area contributed by atoms with E-state index in [1.165, 1.54) is 18.2 Å². The van der Waals surface area contributed by atoms with Crippen molar-refractivity contribution in [1.29, 1.82) is 0 Å². The Morgan fingerprint density at radius 1 is 0.905 bits per heavy atom. The van der Waals surface area contributed by atoms with Gasteiger partial charge in [-0.15, -0.1) is 0 Å². The lowest BCUT2D eigenvalue weighted by molar-refractivity contribution is -0.414. The zero-order valence-corrected chi connectivity index (χ0v) is 21.9. The summed E-state index contributed by atoms with van der Waals surface area (Å²) in [6.45, 7) is -2.79. The van der Waals surface area contributed by atoms with E-state index >= 15 is 0 Å². The summed E-state index contributed by atoms with van der Waals surface area (Å²) in [7, 11) is -3.54. The number of carbonyl (C=O) groups excluding carboxylic acids is 1. The summed E-state index contributed by atoms with van der Waals surface area (Å²) in [5.74, 6) is -37.6. The Morgan fingerprint density at radius 3 is 2.00 bits per heavy atom. The van der Waals surface area contributed by atoms with Gasteiger partial charge < -0.3 is 4.74 Å². The Morgan fingerprint density at radius 2 is 1.48 bits per heavy atom. The van der Waals surface area contributed by atoms with Gasteiger partial charge in [-0.3, -0.25) is 10.1 Å². The molecular weight excluding hydrogens is 648 g/mol. The highest BCUT2D eigenvalue weighted by Gasteiger charge is 2.87. The molecular formula is C22H14F12N2O4S2. The largest absolute Gasteiger partial charge is 0.487 e. The second-order valence-corrected chi connectivity index (χ2v) is 11.6. The maximum Gasteiger partial charge on any atom is 0.384 e. The van der Waals surface area contributed by atoms with E-state index < -0.39 is 64.1 Å². The van der Waals surface area contributed by atoms with E-state index in [-0.39, 0.29) is 15.6 Å². The van der Waals surface area contributed by atoms with E-state index in [4.69, 9.17) is 0 Å². The van der Waals surface area contributed by atoms with Crippen molar-refractivity contribution in [2.24, 2.45) is 0 Å². The average Bonchev–Trinajstić information content (AvgIpc) is 3.28. The molecule has 0 fully saturated rings. The first-order valence-electron chi connectivity index (χ1n) is 10.8. The standard InChI is InChI=1S/C22H14F12N2O4S2/c1-42(38,39)12-6-7-13-14(8-12)41-17(35-13)36-15(37)10-2-4-11(5-3-10)40-9-18(25,26)20(29,30)22(33,34)21(31,32)19(27,28)16(23)24/h2-8,16H,9H2,1H3,(H,35,36,37). The molecule has 0 saturated heterocycles. The number of carbonyl (C=O) groups is 1. The first-order valence-corrected chi connectivity index (χ1v) is 13.5. The van der Waals surface area contributed by atoms with Crippen LogP contribution in [0.25, 0.3) is 10.2 Å². The Balaban J connectivity index is 1.71. The SMILES string of the molecule is CS(=O)(=O)c1ccc2nc(NC(=O)c3ccc(OCC(F)(F)C(F)(F)C(F)(F)C(F)(F)C(F)(F)C(F)F)cc3)sc2c1. The normalized spacial score (nSPS) is 14.0. The molecule has 2 aromatic carbocycles. The number of hydrogen-bond acceptors (Lipinski definition) is 6. The van der Waals surface area contributed by atoms with E-state index in [2.05, 4.69) is 15.0 Å². The minimum atomic E-state index is -7.66. The molecule has 1 aromatic heterocycles. The molecule has 1 heterocycles. The Labute approximate surface area is 231 Å². The molecule has 3 aromatic rings. The molecule has 0 saturated carbocycles. The summed E-state index contributed by atoms with van der Waals surface area (Å²) in [5.41, 5.74) is 0.0985. The fourth-order valence-electron chi connectivity index (χ4n) is 3.10. The van der Waals surface area contributed by atoms with Crippen LogP contribution in [0.4, 0.5) is 57.8 Å². The second kappa shape index (κ2) is 10.8. The van der Waals surface area contributed by atoms with E-state index in [1.54, 1.807) is 0 Å². The molecule has 0 spiro atoms. The van der Waals surface area contributed by atoms with Crippen LogP contribution in [0.2, 0.25) is 0 Å². The Kier molecular flexibility index (Phi) is 8.51. The minimum Gasteiger partial charge on any atom is -0.487 e. The highest BCUT2D eigenvalue weighted by molar-refractivity contribution is 7.90. The van der Waals surface area contributed by atoms with Crippen molar-refractivity contribution in [2.75, 3.05) is 18.2 Å². The van der Waals surface area contributed by atoms with E-state index in [9.17, 15) is 65.9 Å². The molecule has 20 heteroatoms. The maximum absolute atomic E-state index is 13.9. The van der Waals surface area contributed by atoms with Gasteiger partial charge in [0.25, 0.3) is 5.91 Å². The van der Waals surface area contributed by atoms with Gasteiger partial charge in [0, 0.05) is 11.8 Å². The molecule has 1 amide bonds. The number of anilines is 1. The van der Waals surface area contributed by atoms with Crippen LogP contribution in [-0.4, -0.2) is 68.2 Å². The summed E-state index contributed by atoms with van der Waals surface area (Å²) in [6, 6.07) is 7.08. The molecule has 0 unspecified atom stereocenters. The van der Waals surface area contributed by atoms with Gasteiger partial charge in [0.05, 0.1) is 15.1 Å². The van der Waals surface area contributed by atoms with Crippen LogP contribution in [0, 0.1) is 0 Å². The zero-order valence-electron chi connectivity index (χ0n) is 20.3. The number of fused-ring (bicyclic) bond motifs is 1. The topological polar surface area (TPSA) is 85.4 Å². The molecule has 3 rings (SSSR count). The molecule has 0 atom stereocenters. The molecule has 0 radical (unpaired) electrons. The zero-order chi connectivity index (χ0) is 32.1. The number of nitrogens with zero attached hydrogens (tertiary/aromatic N) is 1. The van der Waals surface area contributed by atoms with Crippen molar-refractivity contribution in [3.63, 3.8) is 0 Å². The van der Waals surface area contributed by atoms with Crippen LogP contribution in [0.3, 0.4) is 0 Å². The lowest BCUT2D eigenvalue weighted by Crippen LogP contribution is -2.69. The smallest absolute Gasteiger partial charge is 0.384 e. The third-order valence-electron chi connectivity index (χ3n) is 5.49. The Hall–Kier alpha value is -3.29. The molecule has 6 nitrogen and oxygen atoms in total. The summed E-state index contributed by atoms with van der Waals surface area (Å²) in [4.78, 5) is 16.5. The molecule has 232 valence electrons. The third-order valence-corrected chi connectivity index (χ3v) is 7.53. The number of nitrogens with one attached hydrogen (secondary N) is 1. The number of ether oxygens (including phenoxy) is 1. The number of benzene rings is 2. The van der Waals surface area contributed by atoms with Crippen molar-refractivity contribution in [3.8, 4) is 5.75 Å². The van der Waals surface area contributed by atoms with E-state index in [1.807, 2.05) is 0 Å². The van der Waals surface area contributed by atoms with Crippen LogP contribution in [0.5, 0.6) is 5.75 Å². The monoisotopic (exact) mass is 662 g/mol. The van der Waals surface area contributed by atoms with Gasteiger partial charge in [-0.2, -0.15) is 43.9 Å². The number of rotatable bonds is 11. The van der Waals surface area contributed by atoms with Crippen LogP contribution >= 0.6 is 11.3 Å². The number of alkyl halides is 12. The predicted molar refractivity (Wildman–Crippen MR) is 123 cm³/mol. The lowest BCUT2D eigenvalue weighted by atomic mass is 9.94. The highest BCUT2D eigenvalue weighted by atomic mass is 32.2. The van der Waals surface area contributed by atoms with Gasteiger partial charge in [-0.05, 0) is 42.5 Å². The van der Waals surface area contributed by atoms with Crippen molar-refractivity contribution < 1.29 is 70.6 Å². The van der Waals surface area contributed by atoms with Crippen LogP contribution in [0.1, 0.15) is 10.4 Å². The summed E-state index contributed by atoms with van der Waals surface area (Å²) in [6.07, 6.45) is -4.62. The quantitative estimate of drug-likeness (QED) is 0.229. The summed E-state index contributed by atoms with van der Waals surface area (Å²) < 4.78 is 187. The average molecular weight is 662 g/mol. The van der Waals surface area contributed by atoms with Gasteiger partial charge in [0.15, 0.2) is 21.6 Å². The van der Waals surface area contributed by atoms with Crippen LogP contribution in [0.15, 0.2) is 47.4 Å². The molecule has 0 bridgehead atoms. The van der Waals surface area contributed by atoms with Crippen LogP contribution in [-0.2, 0) is 9.84 Å². The van der Waals surface area contributed by atoms with E-state index in [0.29, 0.717) is 22.3 Å². The third kappa shape index (κ3) is 5.82. The lowest BCUT2D eigenvalue weighted by Gasteiger charge is -2.39. The maximum atomic E-state index is 13.9. The van der Waals surface area contributed by atoms with Crippen molar-refractivity contribution in [1.82, 2.24) is 4.98 Å². The molecule has 0 aliphatic rings. The van der Waals surface area contributed by atoms with Gasteiger partial charge in [-0.1, -0.05) is 11.3 Å². The number of amides is 1. The van der Waals surface area contributed by atoms with Gasteiger partial charge in [0.1, 0.15) is 5.75 Å². The first-order chi connectivity index (χ1) is 19.0. The number of thiazole rings is 1. The summed E-state index contributed by atoms with van der Waals surface area (Å²) in [5, 5.41) is 2.34. The van der Waals surface area contributed by atoms with Crippen LogP contribution < -0.4 is 10.1 Å². The van der Waals surface area contributed by atoms with Gasteiger partial charge in [0.2, 0.25) is 0 Å². The first kappa shape index (κ1) is 33.2. The number of halogens is 12. The van der Waals surface area contributed by atoms with Crippen molar-refractivity contribution >= 4 is 42.4 Å². The fraction of sp³-hybridized carbons (Fsp3) is 0.364. The summed E-state index contributed by atoms with van der Waals surface area (Å²) >= 11 is 0.884. The minimum absolute atomic E-state index is 0.00185. The van der Waals surface area contributed by atoms with Crippen molar-refractivity contribution in [2.45, 2.75) is 40.9 Å². The molecule has 0 aliphatic carbocycles. The van der Waals surface area contributed by atoms with Crippen molar-refractivity contribution in [3.05, 3.63) is 48.0 Å². The predicted octanol–water partition coefficient (Wildman–Crippen LogP) is 6.77. The number of sulfone groups is 1. The van der Waals surface area contributed by atoms with Gasteiger partial charge >= 0.3 is 36.0 Å². The number of hydrogen-bond donors (Lipinski definition) is 1. The second-order valence-electron chi connectivity index (χ2n) is 8.54. The highest BCUT2D eigenvalue weighted by Crippen LogP contribution is 2.58. The fourth-order valence-corrected chi connectivity index (χ4v) is 4.72. The molecule has 0 aliphatic heterocycles. The number of aromatic nitrogens is 1. The van der Waals surface area contributed by atoms with Gasteiger partial charge in [-0.25, -0.2) is 22.2 Å². The van der Waals surface area contributed by atoms with E-state index in [0.717, 1.165) is 29.7 Å². The molecule has 1 N–H and O–H groups in total.